The number of hydrogen-bond donors (Lipinski definition) is 0. The lowest BCUT2D eigenvalue weighted by Crippen LogP contribution is -2.50. The van der Waals surface area contributed by atoms with Crippen LogP contribution in [0.2, 0.25) is 0 Å². The van der Waals surface area contributed by atoms with Gasteiger partial charge in [0.05, 0.1) is 0 Å². The molecular weight excluding hydrogens is 384 g/mol. The summed E-state index contributed by atoms with van der Waals surface area (Å²) in [4.78, 5) is 16.8. The average molecular weight is 407 g/mol. The Morgan fingerprint density at radius 3 is 2.64 bits per heavy atom. The first kappa shape index (κ1) is 18.0. The molecule has 2 heterocycles. The first-order chi connectivity index (χ1) is 12.0. The van der Waals surface area contributed by atoms with E-state index in [9.17, 15) is 4.79 Å². The Morgan fingerprint density at radius 1 is 1.20 bits per heavy atom. The monoisotopic (exact) mass is 406 g/mol. The van der Waals surface area contributed by atoms with Crippen molar-refractivity contribution in [3.8, 4) is 5.75 Å². The number of nitrogens with zero attached hydrogens (tertiary/aromatic N) is 2. The molecular formula is C19H23BrN2O3. The number of rotatable bonds is 5. The molecule has 2 aromatic rings. The van der Waals surface area contributed by atoms with E-state index in [2.05, 4.69) is 34.7 Å². The first-order valence-corrected chi connectivity index (χ1v) is 9.32. The highest BCUT2D eigenvalue weighted by atomic mass is 79.9. The summed E-state index contributed by atoms with van der Waals surface area (Å²) in [7, 11) is 0. The Labute approximate surface area is 156 Å². The molecule has 5 nitrogen and oxygen atoms in total. The maximum Gasteiger partial charge on any atom is 0.289 e. The van der Waals surface area contributed by atoms with E-state index in [0.29, 0.717) is 24.2 Å². The van der Waals surface area contributed by atoms with Crippen molar-refractivity contribution in [3.05, 3.63) is 52.4 Å². The van der Waals surface area contributed by atoms with E-state index in [1.807, 2.05) is 29.2 Å². The van der Waals surface area contributed by atoms with Crippen molar-refractivity contribution < 1.29 is 13.9 Å². The number of ether oxygens (including phenoxy) is 1. The van der Waals surface area contributed by atoms with Crippen LogP contribution in [0.3, 0.4) is 0 Å². The molecule has 1 fully saturated rings. The topological polar surface area (TPSA) is 45.9 Å². The van der Waals surface area contributed by atoms with Crippen LogP contribution >= 0.6 is 15.9 Å². The van der Waals surface area contributed by atoms with Crippen LogP contribution in [0.1, 0.15) is 30.2 Å². The third-order valence-electron chi connectivity index (χ3n) is 4.38. The molecule has 0 bridgehead atoms. The van der Waals surface area contributed by atoms with Gasteiger partial charge < -0.3 is 14.1 Å². The van der Waals surface area contributed by atoms with Gasteiger partial charge in [-0.25, -0.2) is 0 Å². The Kier molecular flexibility index (Phi) is 5.81. The predicted molar refractivity (Wildman–Crippen MR) is 99.8 cm³/mol. The molecule has 1 aromatic carbocycles. The van der Waals surface area contributed by atoms with E-state index in [0.717, 1.165) is 36.4 Å². The van der Waals surface area contributed by atoms with Crippen LogP contribution in [0.25, 0.3) is 0 Å². The SMILES string of the molecule is CC(C)N1CCN(C(=O)c2ccc(COc3cccc(Br)c3)o2)CC1. The largest absolute Gasteiger partial charge is 0.486 e. The molecule has 1 aliphatic heterocycles. The lowest BCUT2D eigenvalue weighted by atomic mass is 10.2. The minimum Gasteiger partial charge on any atom is -0.486 e. The van der Waals surface area contributed by atoms with Crippen molar-refractivity contribution in [1.82, 2.24) is 9.80 Å². The number of carbonyl (C=O) groups is 1. The van der Waals surface area contributed by atoms with Gasteiger partial charge in [0.1, 0.15) is 18.1 Å². The fraction of sp³-hybridized carbons (Fsp3) is 0.421. The first-order valence-electron chi connectivity index (χ1n) is 8.53. The second kappa shape index (κ2) is 8.06. The number of hydrogen-bond acceptors (Lipinski definition) is 4. The molecule has 3 rings (SSSR count). The smallest absolute Gasteiger partial charge is 0.289 e. The fourth-order valence-electron chi connectivity index (χ4n) is 2.88. The van der Waals surface area contributed by atoms with Crippen LogP contribution in [-0.2, 0) is 6.61 Å². The summed E-state index contributed by atoms with van der Waals surface area (Å²) in [5.41, 5.74) is 0. The second-order valence-corrected chi connectivity index (χ2v) is 7.35. The van der Waals surface area contributed by atoms with Gasteiger partial charge >= 0.3 is 0 Å². The summed E-state index contributed by atoms with van der Waals surface area (Å²) in [5.74, 6) is 1.73. The summed E-state index contributed by atoms with van der Waals surface area (Å²) in [6.07, 6.45) is 0. The van der Waals surface area contributed by atoms with Gasteiger partial charge in [-0.1, -0.05) is 22.0 Å². The van der Waals surface area contributed by atoms with E-state index < -0.39 is 0 Å². The maximum absolute atomic E-state index is 12.6. The molecule has 0 saturated carbocycles. The van der Waals surface area contributed by atoms with Crippen molar-refractivity contribution in [1.29, 1.82) is 0 Å². The zero-order valence-corrected chi connectivity index (χ0v) is 16.2. The number of furan rings is 1. The number of amides is 1. The van der Waals surface area contributed by atoms with Crippen molar-refractivity contribution >= 4 is 21.8 Å². The molecule has 134 valence electrons. The van der Waals surface area contributed by atoms with Crippen LogP contribution in [0.5, 0.6) is 5.75 Å². The molecule has 0 radical (unpaired) electrons. The molecule has 0 N–H and O–H groups in total. The lowest BCUT2D eigenvalue weighted by molar-refractivity contribution is 0.0562. The Morgan fingerprint density at radius 2 is 1.96 bits per heavy atom. The second-order valence-electron chi connectivity index (χ2n) is 6.43. The van der Waals surface area contributed by atoms with E-state index in [1.54, 1.807) is 12.1 Å². The van der Waals surface area contributed by atoms with Crippen molar-refractivity contribution in [3.63, 3.8) is 0 Å². The van der Waals surface area contributed by atoms with Crippen LogP contribution in [0.15, 0.2) is 45.3 Å². The van der Waals surface area contributed by atoms with Gasteiger partial charge in [-0.05, 0) is 44.2 Å². The van der Waals surface area contributed by atoms with Gasteiger partial charge in [0, 0.05) is 36.7 Å². The van der Waals surface area contributed by atoms with Gasteiger partial charge in [0.2, 0.25) is 0 Å². The molecule has 0 atom stereocenters. The summed E-state index contributed by atoms with van der Waals surface area (Å²) in [5, 5.41) is 0. The standard InChI is InChI=1S/C19H23BrN2O3/c1-14(2)21-8-10-22(11-9-21)19(23)18-7-6-17(25-18)13-24-16-5-3-4-15(20)12-16/h3-7,12,14H,8-11,13H2,1-2H3. The molecule has 1 aromatic heterocycles. The Balaban J connectivity index is 1.55. The summed E-state index contributed by atoms with van der Waals surface area (Å²) in [6.45, 7) is 7.95. The van der Waals surface area contributed by atoms with Gasteiger partial charge in [-0.15, -0.1) is 0 Å². The minimum absolute atomic E-state index is 0.0443. The number of carbonyl (C=O) groups excluding carboxylic acids is 1. The van der Waals surface area contributed by atoms with Crippen molar-refractivity contribution in [2.45, 2.75) is 26.5 Å². The van der Waals surface area contributed by atoms with Gasteiger partial charge in [-0.3, -0.25) is 9.69 Å². The number of piperazine rings is 1. The third-order valence-corrected chi connectivity index (χ3v) is 4.87. The number of halogens is 1. The Hall–Kier alpha value is -1.79. The fourth-order valence-corrected chi connectivity index (χ4v) is 3.26. The highest BCUT2D eigenvalue weighted by molar-refractivity contribution is 9.10. The number of benzene rings is 1. The van der Waals surface area contributed by atoms with E-state index in [4.69, 9.17) is 9.15 Å². The lowest BCUT2D eigenvalue weighted by Gasteiger charge is -2.36. The molecule has 6 heteroatoms. The van der Waals surface area contributed by atoms with E-state index in [-0.39, 0.29) is 5.91 Å². The van der Waals surface area contributed by atoms with E-state index >= 15 is 0 Å². The highest BCUT2D eigenvalue weighted by Gasteiger charge is 2.25. The zero-order valence-electron chi connectivity index (χ0n) is 14.6. The normalized spacial score (nSPS) is 15.6. The van der Waals surface area contributed by atoms with Crippen LogP contribution in [-0.4, -0.2) is 47.9 Å². The van der Waals surface area contributed by atoms with Crippen LogP contribution in [0, 0.1) is 0 Å². The molecule has 0 unspecified atom stereocenters. The van der Waals surface area contributed by atoms with Crippen LogP contribution < -0.4 is 4.74 Å². The third kappa shape index (κ3) is 4.64. The predicted octanol–water partition coefficient (Wildman–Crippen LogP) is 3.79. The van der Waals surface area contributed by atoms with Gasteiger partial charge in [0.15, 0.2) is 5.76 Å². The minimum atomic E-state index is -0.0443. The molecule has 25 heavy (non-hydrogen) atoms. The maximum atomic E-state index is 12.6. The van der Waals surface area contributed by atoms with Gasteiger partial charge in [0.25, 0.3) is 5.91 Å². The van der Waals surface area contributed by atoms with Crippen LogP contribution in [0.4, 0.5) is 0 Å². The quantitative estimate of drug-likeness (QED) is 0.757. The summed E-state index contributed by atoms with van der Waals surface area (Å²) < 4.78 is 12.3. The van der Waals surface area contributed by atoms with Gasteiger partial charge in [-0.2, -0.15) is 0 Å². The molecule has 0 aliphatic carbocycles. The zero-order chi connectivity index (χ0) is 17.8. The van der Waals surface area contributed by atoms with Crippen molar-refractivity contribution in [2.75, 3.05) is 26.2 Å². The molecule has 1 saturated heterocycles. The highest BCUT2D eigenvalue weighted by Crippen LogP contribution is 2.20. The van der Waals surface area contributed by atoms with E-state index in [1.165, 1.54) is 0 Å². The Bertz CT molecular complexity index is 721. The summed E-state index contributed by atoms with van der Waals surface area (Å²) >= 11 is 3.41. The molecule has 1 amide bonds. The average Bonchev–Trinajstić information content (AvgIpc) is 3.08. The van der Waals surface area contributed by atoms with Crippen molar-refractivity contribution in [2.24, 2.45) is 0 Å². The molecule has 1 aliphatic rings. The summed E-state index contributed by atoms with van der Waals surface area (Å²) in [6, 6.07) is 11.7. The molecule has 0 spiro atoms.